The molecule has 0 bridgehead atoms. The average Bonchev–Trinajstić information content (AvgIpc) is 2.14. The normalized spacial score (nSPS) is 14.9. The van der Waals surface area contributed by atoms with E-state index in [1.807, 2.05) is 13.8 Å². The van der Waals surface area contributed by atoms with Gasteiger partial charge in [-0.15, -0.1) is 0 Å². The summed E-state index contributed by atoms with van der Waals surface area (Å²) in [7, 11) is -0.330. The molecule has 0 aromatic heterocycles. The van der Waals surface area contributed by atoms with Crippen molar-refractivity contribution in [2.75, 3.05) is 13.7 Å². The van der Waals surface area contributed by atoms with Gasteiger partial charge in [0.15, 0.2) is 0 Å². The maximum absolute atomic E-state index is 11.1. The topological polar surface area (TPSA) is 67.8 Å². The lowest BCUT2D eigenvalue weighted by Crippen LogP contribution is -2.24. The van der Waals surface area contributed by atoms with E-state index in [9.17, 15) is 4.79 Å². The molecule has 0 amide bonds. The van der Waals surface area contributed by atoms with Gasteiger partial charge in [0.1, 0.15) is 6.54 Å². The van der Waals surface area contributed by atoms with Gasteiger partial charge in [-0.1, -0.05) is 13.3 Å². The summed E-state index contributed by atoms with van der Waals surface area (Å²) in [5.41, 5.74) is 0. The van der Waals surface area contributed by atoms with E-state index in [1.165, 1.54) is 7.11 Å². The SMILES string of the molecule is CCCC(C)OC(=O)CNP(O)OC. The first-order valence-electron chi connectivity index (χ1n) is 4.56. The molecule has 0 aromatic carbocycles. The molecule has 84 valence electrons. The average molecular weight is 223 g/mol. The summed E-state index contributed by atoms with van der Waals surface area (Å²) in [6.45, 7) is 3.85. The van der Waals surface area contributed by atoms with E-state index in [1.54, 1.807) is 0 Å². The molecule has 0 aliphatic carbocycles. The first kappa shape index (κ1) is 13.8. The van der Waals surface area contributed by atoms with Gasteiger partial charge in [0.05, 0.1) is 6.10 Å². The molecular weight excluding hydrogens is 205 g/mol. The Morgan fingerprint density at radius 3 is 2.79 bits per heavy atom. The van der Waals surface area contributed by atoms with Crippen molar-refractivity contribution in [3.05, 3.63) is 0 Å². The van der Waals surface area contributed by atoms with Gasteiger partial charge in [-0.3, -0.25) is 4.79 Å². The van der Waals surface area contributed by atoms with Crippen molar-refractivity contribution in [3.8, 4) is 0 Å². The molecule has 0 aliphatic heterocycles. The molecule has 0 aromatic rings. The van der Waals surface area contributed by atoms with Gasteiger partial charge in [-0.25, -0.2) is 5.09 Å². The van der Waals surface area contributed by atoms with Crippen molar-refractivity contribution in [2.24, 2.45) is 0 Å². The lowest BCUT2D eigenvalue weighted by molar-refractivity contribution is -0.147. The quantitative estimate of drug-likeness (QED) is 0.501. The number of hydrogen-bond acceptors (Lipinski definition) is 5. The van der Waals surface area contributed by atoms with Crippen LogP contribution in [-0.4, -0.2) is 30.6 Å². The molecule has 0 fully saturated rings. The van der Waals surface area contributed by atoms with Crippen LogP contribution in [0.3, 0.4) is 0 Å². The van der Waals surface area contributed by atoms with Crippen LogP contribution >= 0.6 is 8.53 Å². The van der Waals surface area contributed by atoms with E-state index in [0.717, 1.165) is 12.8 Å². The molecule has 5 nitrogen and oxygen atoms in total. The van der Waals surface area contributed by atoms with Crippen LogP contribution in [-0.2, 0) is 14.1 Å². The van der Waals surface area contributed by atoms with Crippen molar-refractivity contribution in [1.29, 1.82) is 0 Å². The van der Waals surface area contributed by atoms with Crippen LogP contribution in [0, 0.1) is 0 Å². The van der Waals surface area contributed by atoms with E-state index in [4.69, 9.17) is 9.63 Å². The van der Waals surface area contributed by atoms with Gasteiger partial charge >= 0.3 is 5.97 Å². The van der Waals surface area contributed by atoms with Crippen LogP contribution in [0.1, 0.15) is 26.7 Å². The van der Waals surface area contributed by atoms with Gasteiger partial charge in [0.2, 0.25) is 0 Å². The molecule has 0 aliphatic rings. The zero-order chi connectivity index (χ0) is 11.0. The second-order valence-electron chi connectivity index (χ2n) is 2.88. The molecule has 0 spiro atoms. The maximum Gasteiger partial charge on any atom is 0.320 e. The molecule has 2 unspecified atom stereocenters. The van der Waals surface area contributed by atoms with Crippen molar-refractivity contribution in [1.82, 2.24) is 5.09 Å². The predicted molar refractivity (Wildman–Crippen MR) is 54.6 cm³/mol. The van der Waals surface area contributed by atoms with Crippen molar-refractivity contribution < 1.29 is 18.9 Å². The lowest BCUT2D eigenvalue weighted by Gasteiger charge is -2.13. The number of hydrogen-bond donors (Lipinski definition) is 2. The molecule has 2 atom stereocenters. The largest absolute Gasteiger partial charge is 0.462 e. The Morgan fingerprint density at radius 1 is 1.64 bits per heavy atom. The molecule has 2 N–H and O–H groups in total. The highest BCUT2D eigenvalue weighted by atomic mass is 31.2. The van der Waals surface area contributed by atoms with Gasteiger partial charge in [-0.05, 0) is 13.3 Å². The number of rotatable bonds is 7. The van der Waals surface area contributed by atoms with E-state index in [0.29, 0.717) is 0 Å². The Balaban J connectivity index is 3.54. The van der Waals surface area contributed by atoms with Crippen molar-refractivity contribution in [3.63, 3.8) is 0 Å². The molecule has 0 saturated carbocycles. The van der Waals surface area contributed by atoms with Crippen molar-refractivity contribution in [2.45, 2.75) is 32.8 Å². The zero-order valence-electron chi connectivity index (χ0n) is 8.82. The first-order chi connectivity index (χ1) is 6.60. The highest BCUT2D eigenvalue weighted by Gasteiger charge is 2.10. The summed E-state index contributed by atoms with van der Waals surface area (Å²) in [5.74, 6) is -0.371. The fourth-order valence-electron chi connectivity index (χ4n) is 0.928. The number of ether oxygens (including phenoxy) is 1. The van der Waals surface area contributed by atoms with Crippen LogP contribution in [0.15, 0.2) is 0 Å². The van der Waals surface area contributed by atoms with Crippen LogP contribution in [0.25, 0.3) is 0 Å². The third-order valence-electron chi connectivity index (χ3n) is 1.56. The van der Waals surface area contributed by atoms with Gasteiger partial charge in [0.25, 0.3) is 8.53 Å². The summed E-state index contributed by atoms with van der Waals surface area (Å²) < 4.78 is 9.58. The summed E-state index contributed by atoms with van der Waals surface area (Å²) in [6.07, 6.45) is 1.76. The van der Waals surface area contributed by atoms with Crippen molar-refractivity contribution >= 4 is 14.5 Å². The minimum Gasteiger partial charge on any atom is -0.462 e. The molecule has 0 radical (unpaired) electrons. The van der Waals surface area contributed by atoms with E-state index in [2.05, 4.69) is 9.61 Å². The van der Waals surface area contributed by atoms with Gasteiger partial charge in [-0.2, -0.15) is 0 Å². The number of nitrogens with one attached hydrogen (secondary N) is 1. The zero-order valence-corrected chi connectivity index (χ0v) is 9.71. The minimum absolute atomic E-state index is 0.0237. The Bertz CT molecular complexity index is 167. The second kappa shape index (κ2) is 8.12. The van der Waals surface area contributed by atoms with Crippen LogP contribution in [0.2, 0.25) is 0 Å². The number of carbonyl (C=O) groups is 1. The highest BCUT2D eigenvalue weighted by molar-refractivity contribution is 7.43. The summed E-state index contributed by atoms with van der Waals surface area (Å²) in [6, 6.07) is 0. The molecule has 0 rings (SSSR count). The van der Waals surface area contributed by atoms with E-state index in [-0.39, 0.29) is 18.6 Å². The fourth-order valence-corrected chi connectivity index (χ4v) is 1.32. The summed E-state index contributed by atoms with van der Waals surface area (Å²) in [4.78, 5) is 20.1. The monoisotopic (exact) mass is 223 g/mol. The van der Waals surface area contributed by atoms with Crippen LogP contribution in [0.5, 0.6) is 0 Å². The maximum atomic E-state index is 11.1. The van der Waals surface area contributed by atoms with Crippen LogP contribution in [0.4, 0.5) is 0 Å². The smallest absolute Gasteiger partial charge is 0.320 e. The Kier molecular flexibility index (Phi) is 7.99. The highest BCUT2D eigenvalue weighted by Crippen LogP contribution is 2.22. The molecule has 0 heterocycles. The third-order valence-corrected chi connectivity index (χ3v) is 2.33. The summed E-state index contributed by atoms with van der Waals surface area (Å²) in [5, 5.41) is 2.50. The van der Waals surface area contributed by atoms with Gasteiger partial charge < -0.3 is 14.2 Å². The van der Waals surface area contributed by atoms with E-state index < -0.39 is 8.53 Å². The molecular formula is C8H18NO4P. The Morgan fingerprint density at radius 2 is 2.29 bits per heavy atom. The molecule has 6 heteroatoms. The van der Waals surface area contributed by atoms with E-state index >= 15 is 0 Å². The predicted octanol–water partition coefficient (Wildman–Crippen LogP) is 1.17. The number of esters is 1. The molecule has 14 heavy (non-hydrogen) atoms. The fraction of sp³-hybridized carbons (Fsp3) is 0.875. The molecule has 0 saturated heterocycles. The van der Waals surface area contributed by atoms with Gasteiger partial charge in [0, 0.05) is 7.11 Å². The standard InChI is InChI=1S/C8H18NO4P/c1-4-5-7(2)13-8(10)6-9-14(11)12-3/h7,9,11H,4-6H2,1-3H3. The van der Waals surface area contributed by atoms with Crippen LogP contribution < -0.4 is 5.09 Å². The Labute approximate surface area is 85.8 Å². The Hall–Kier alpha value is -0.220. The summed E-state index contributed by atoms with van der Waals surface area (Å²) >= 11 is 0. The minimum atomic E-state index is -1.69. The second-order valence-corrected chi connectivity index (χ2v) is 4.11. The first-order valence-corrected chi connectivity index (χ1v) is 5.77. The lowest BCUT2D eigenvalue weighted by atomic mass is 10.2. The third kappa shape index (κ3) is 7.21. The number of carbonyl (C=O) groups excluding carboxylic acids is 1.